The molecule has 0 unspecified atom stereocenters. The first kappa shape index (κ1) is 60.8. The van der Waals surface area contributed by atoms with Crippen LogP contribution in [-0.2, 0) is 35.8 Å². The van der Waals surface area contributed by atoms with Crippen molar-refractivity contribution in [3.63, 3.8) is 0 Å². The summed E-state index contributed by atoms with van der Waals surface area (Å²) in [4.78, 5) is 57.8. The van der Waals surface area contributed by atoms with E-state index in [0.29, 0.717) is 82.4 Å². The lowest BCUT2D eigenvalue weighted by atomic mass is 9.95. The quantitative estimate of drug-likeness (QED) is 0.0743. The number of allylic oxidation sites excluding steroid dienone is 1. The molecule has 6 aliphatic heterocycles. The Morgan fingerprint density at radius 3 is 1.54 bits per heavy atom. The van der Waals surface area contributed by atoms with E-state index in [1.54, 1.807) is 4.90 Å². The SMILES string of the molecule is C.C=CC(=O)Cl.C=CC(=O)N1CCN(c2nc(OC[C@@H]3CCCN3C)nc3c2CN(c2cccc4cccc(C)c24)C3)C[C@@H]1CC#N.Cc1cccc2cccc(N3Cc4nc(OC[C@@H]5CCCN5C)nc(N5CCC[C@@H](CC#N)C5)c4C3)c12. The molecule has 18 heteroatoms. The van der Waals surface area contributed by atoms with Gasteiger partial charge in [-0.3, -0.25) is 9.59 Å². The largest absolute Gasteiger partial charge is 0.462 e. The molecule has 4 fully saturated rings. The highest BCUT2D eigenvalue weighted by molar-refractivity contribution is 6.66. The van der Waals surface area contributed by atoms with E-state index in [9.17, 15) is 20.1 Å². The van der Waals surface area contributed by atoms with Crippen LogP contribution in [0.3, 0.4) is 0 Å². The van der Waals surface area contributed by atoms with Crippen LogP contribution >= 0.6 is 11.6 Å². The number of nitrogens with zero attached hydrogens (tertiary/aromatic N) is 13. The molecular formula is C66H80ClN13O4. The molecule has 6 aliphatic rings. The van der Waals surface area contributed by atoms with Crippen LogP contribution < -0.4 is 29.1 Å². The molecule has 8 heterocycles. The Hall–Kier alpha value is -7.83. The number of rotatable bonds is 14. The maximum atomic E-state index is 12.5. The van der Waals surface area contributed by atoms with Gasteiger partial charge in [0.25, 0.3) is 0 Å². The number of aryl methyl sites for hydroxylation is 2. The van der Waals surface area contributed by atoms with Crippen molar-refractivity contribution < 1.29 is 19.1 Å². The third-order valence-electron chi connectivity index (χ3n) is 17.4. The smallest absolute Gasteiger partial charge is 0.318 e. The highest BCUT2D eigenvalue weighted by Crippen LogP contribution is 2.41. The van der Waals surface area contributed by atoms with Crippen LogP contribution in [0.4, 0.5) is 23.0 Å². The molecule has 0 saturated carbocycles. The first-order valence-electron chi connectivity index (χ1n) is 29.2. The fraction of sp³-hybridized carbons (Fsp3) is 0.455. The van der Waals surface area contributed by atoms with Crippen molar-refractivity contribution in [2.45, 2.75) is 117 Å². The van der Waals surface area contributed by atoms with Crippen LogP contribution in [0.2, 0.25) is 0 Å². The second-order valence-electron chi connectivity index (χ2n) is 22.8. The van der Waals surface area contributed by atoms with Crippen molar-refractivity contribution in [3.8, 4) is 24.2 Å². The zero-order chi connectivity index (χ0) is 58.1. The Kier molecular flexibility index (Phi) is 20.0. The van der Waals surface area contributed by atoms with Crippen LogP contribution in [0.1, 0.15) is 92.4 Å². The lowest BCUT2D eigenvalue weighted by molar-refractivity contribution is -0.128. The highest BCUT2D eigenvalue weighted by atomic mass is 35.5. The summed E-state index contributed by atoms with van der Waals surface area (Å²) < 4.78 is 12.5. The molecule has 0 N–H and O–H groups in total. The molecule has 6 aromatic rings. The monoisotopic (exact) mass is 1150 g/mol. The van der Waals surface area contributed by atoms with E-state index >= 15 is 0 Å². The molecular weight excluding hydrogens is 1070 g/mol. The van der Waals surface area contributed by atoms with E-state index in [1.165, 1.54) is 68.5 Å². The van der Waals surface area contributed by atoms with Crippen molar-refractivity contribution >= 4 is 67.3 Å². The van der Waals surface area contributed by atoms with Gasteiger partial charge in [0.1, 0.15) is 24.8 Å². The van der Waals surface area contributed by atoms with Gasteiger partial charge in [0.2, 0.25) is 11.1 Å². The van der Waals surface area contributed by atoms with Crippen molar-refractivity contribution in [1.82, 2.24) is 34.6 Å². The first-order chi connectivity index (χ1) is 40.3. The molecule has 0 bridgehead atoms. The van der Waals surface area contributed by atoms with Gasteiger partial charge < -0.3 is 43.8 Å². The van der Waals surface area contributed by atoms with Gasteiger partial charge in [0.15, 0.2) is 0 Å². The molecule has 2 aromatic heterocycles. The summed E-state index contributed by atoms with van der Waals surface area (Å²) in [7, 11) is 4.31. The molecule has 440 valence electrons. The van der Waals surface area contributed by atoms with Crippen molar-refractivity contribution in [2.24, 2.45) is 5.92 Å². The number of benzene rings is 4. The summed E-state index contributed by atoms with van der Waals surface area (Å²) in [5.74, 6) is 2.10. The molecule has 0 radical (unpaired) electrons. The van der Waals surface area contributed by atoms with E-state index in [1.807, 2.05) is 0 Å². The number of piperidine rings is 1. The highest BCUT2D eigenvalue weighted by Gasteiger charge is 2.36. The van der Waals surface area contributed by atoms with Crippen LogP contribution in [0.25, 0.3) is 21.5 Å². The van der Waals surface area contributed by atoms with E-state index < -0.39 is 5.24 Å². The second-order valence-corrected chi connectivity index (χ2v) is 23.2. The number of fused-ring (bicyclic) bond motifs is 4. The number of aromatic nitrogens is 4. The Labute approximate surface area is 500 Å². The first-order valence-corrected chi connectivity index (χ1v) is 29.6. The van der Waals surface area contributed by atoms with Crippen molar-refractivity contribution in [2.75, 3.05) is 92.7 Å². The predicted octanol–water partition coefficient (Wildman–Crippen LogP) is 10.7. The fourth-order valence-corrected chi connectivity index (χ4v) is 13.0. The van der Waals surface area contributed by atoms with E-state index in [2.05, 4.69) is 155 Å². The third kappa shape index (κ3) is 13.6. The summed E-state index contributed by atoms with van der Waals surface area (Å²) in [6.07, 6.45) is 10.1. The van der Waals surface area contributed by atoms with Crippen LogP contribution in [0.5, 0.6) is 12.0 Å². The molecule has 4 saturated heterocycles. The Morgan fingerprint density at radius 2 is 1.08 bits per heavy atom. The topological polar surface area (TPSA) is 174 Å². The molecule has 12 rings (SSSR count). The number of ether oxygens (including phenoxy) is 2. The maximum absolute atomic E-state index is 12.5. The van der Waals surface area contributed by atoms with Gasteiger partial charge in [0, 0.05) is 97.6 Å². The predicted molar refractivity (Wildman–Crippen MR) is 335 cm³/mol. The number of hydrogen-bond acceptors (Lipinski definition) is 16. The molecule has 1 amide bonds. The molecule has 0 spiro atoms. The van der Waals surface area contributed by atoms with E-state index in [4.69, 9.17) is 41.0 Å². The Bertz CT molecular complexity index is 3440. The number of hydrogen-bond donors (Lipinski definition) is 0. The average molecular weight is 1150 g/mol. The third-order valence-corrected chi connectivity index (χ3v) is 17.6. The van der Waals surface area contributed by atoms with Crippen molar-refractivity contribution in [3.05, 3.63) is 132 Å². The number of carbonyl (C=O) groups excluding carboxylic acids is 2. The summed E-state index contributed by atoms with van der Waals surface area (Å²) >= 11 is 4.71. The normalized spacial score (nSPS) is 20.2. The summed E-state index contributed by atoms with van der Waals surface area (Å²) in [6, 6.07) is 32.0. The lowest BCUT2D eigenvalue weighted by Crippen LogP contribution is -2.55. The summed E-state index contributed by atoms with van der Waals surface area (Å²) in [5.41, 5.74) is 9.28. The number of amides is 1. The van der Waals surface area contributed by atoms with Crippen molar-refractivity contribution in [1.29, 1.82) is 10.5 Å². The number of likely N-dealkylation sites (tertiary alicyclic amines) is 2. The van der Waals surface area contributed by atoms with E-state index in [0.717, 1.165) is 99.6 Å². The van der Waals surface area contributed by atoms with Crippen LogP contribution in [-0.4, -0.2) is 137 Å². The minimum atomic E-state index is -0.509. The average Bonchev–Trinajstić information content (AvgIpc) is 3.19. The Balaban J connectivity index is 0.000000185. The van der Waals surface area contributed by atoms with Gasteiger partial charge in [-0.15, -0.1) is 0 Å². The number of carbonyl (C=O) groups is 2. The second kappa shape index (κ2) is 27.7. The van der Waals surface area contributed by atoms with Gasteiger partial charge in [-0.2, -0.15) is 30.5 Å². The number of nitriles is 2. The van der Waals surface area contributed by atoms with Crippen LogP contribution in [0.15, 0.2) is 98.1 Å². The zero-order valence-corrected chi connectivity index (χ0v) is 49.2. The number of halogens is 1. The number of anilines is 4. The number of likely N-dealkylation sites (N-methyl/N-ethyl adjacent to an activating group) is 2. The lowest BCUT2D eigenvalue weighted by Gasteiger charge is -2.41. The summed E-state index contributed by atoms with van der Waals surface area (Å²) in [5, 5.41) is 23.4. The zero-order valence-electron chi connectivity index (χ0n) is 48.5. The minimum absolute atomic E-state index is 0. The van der Waals surface area contributed by atoms with Gasteiger partial charge in [-0.05, 0) is 143 Å². The molecule has 4 atom stereocenters. The van der Waals surface area contributed by atoms with E-state index in [-0.39, 0.29) is 25.8 Å². The van der Waals surface area contributed by atoms with Gasteiger partial charge in [-0.1, -0.05) is 81.2 Å². The molecule has 17 nitrogen and oxygen atoms in total. The fourth-order valence-electron chi connectivity index (χ4n) is 13.0. The van der Waals surface area contributed by atoms with Gasteiger partial charge >= 0.3 is 12.0 Å². The Morgan fingerprint density at radius 1 is 0.607 bits per heavy atom. The number of piperazine rings is 1. The standard InChI is InChI=1S/C32H37N7O2.C30H36N6O.C3H3ClO.CH4/c1-4-29(40)39-17-16-37(18-24(39)13-14-33)31-26-19-38(28-12-6-10-23-9-5-8-22(2)30(23)28)20-27(26)34-32(35-31)41-21-25-11-7-15-36(25)3;1-21-7-3-9-23-10-4-12-27(28(21)23)36-18-25-26(19-36)32-30(37-20-24-11-6-15-34(24)2)33-29(25)35-16-5-8-22(17-35)13-14-31;1-2-3(4)5;/h4-6,8-10,12,24-25H,1,7,11,13,15-21H2,2-3H3;3-4,7,9-10,12,22,24H,5-6,8,11,13,15-20H2,1-2H3;2H,1H2;1H4/t24-,25-;22-,24-;;/m00../s1. The molecule has 0 aliphatic carbocycles. The van der Waals surface area contributed by atoms with Gasteiger partial charge in [-0.25, -0.2) is 0 Å². The molecule has 84 heavy (non-hydrogen) atoms. The maximum Gasteiger partial charge on any atom is 0.318 e. The minimum Gasteiger partial charge on any atom is -0.462 e. The van der Waals surface area contributed by atoms with Gasteiger partial charge in [0.05, 0.1) is 49.1 Å². The van der Waals surface area contributed by atoms with Crippen LogP contribution in [0, 0.1) is 42.4 Å². The molecule has 4 aromatic carbocycles. The summed E-state index contributed by atoms with van der Waals surface area (Å²) in [6.45, 7) is 20.8.